The summed E-state index contributed by atoms with van der Waals surface area (Å²) in [5, 5.41) is 9.38. The minimum atomic E-state index is -3.14. The first kappa shape index (κ1) is 14.9. The predicted octanol–water partition coefficient (Wildman–Crippen LogP) is -0.479. The molecule has 0 spiro atoms. The molecule has 8 nitrogen and oxygen atoms in total. The summed E-state index contributed by atoms with van der Waals surface area (Å²) in [4.78, 5) is 16.0. The number of rotatable bonds is 4. The second-order valence-electron chi connectivity index (χ2n) is 4.87. The lowest BCUT2D eigenvalue weighted by atomic mass is 10.1. The molecule has 2 rings (SSSR count). The van der Waals surface area contributed by atoms with Gasteiger partial charge in [0.2, 0.25) is 15.8 Å². The van der Waals surface area contributed by atoms with Crippen LogP contribution in [0.2, 0.25) is 0 Å². The molecule has 0 bridgehead atoms. The molecule has 0 radical (unpaired) electrons. The van der Waals surface area contributed by atoms with Crippen molar-refractivity contribution in [3.05, 3.63) is 11.6 Å². The van der Waals surface area contributed by atoms with Gasteiger partial charge in [0.25, 0.3) is 5.91 Å². The Kier molecular flexibility index (Phi) is 4.39. The SMILES string of the molecule is CCc1nc(C(=O)NC2CCN(S(C)(=O)=O)CC2)n[nH]1. The molecule has 1 saturated heterocycles. The number of carbonyl (C=O) groups is 1. The fraction of sp³-hybridized carbons (Fsp3) is 0.727. The molecule has 1 aromatic heterocycles. The molecule has 20 heavy (non-hydrogen) atoms. The van der Waals surface area contributed by atoms with E-state index in [0.717, 1.165) is 0 Å². The minimum Gasteiger partial charge on any atom is -0.346 e. The van der Waals surface area contributed by atoms with Crippen LogP contribution in [0.25, 0.3) is 0 Å². The third-order valence-corrected chi connectivity index (χ3v) is 4.63. The van der Waals surface area contributed by atoms with E-state index in [1.165, 1.54) is 10.6 Å². The minimum absolute atomic E-state index is 0.0379. The van der Waals surface area contributed by atoms with Crippen molar-refractivity contribution < 1.29 is 13.2 Å². The fourth-order valence-electron chi connectivity index (χ4n) is 2.14. The van der Waals surface area contributed by atoms with Crippen molar-refractivity contribution in [3.8, 4) is 0 Å². The molecule has 2 N–H and O–H groups in total. The molecule has 1 aliphatic heterocycles. The van der Waals surface area contributed by atoms with Crippen molar-refractivity contribution in [2.24, 2.45) is 0 Å². The van der Waals surface area contributed by atoms with E-state index in [2.05, 4.69) is 20.5 Å². The van der Waals surface area contributed by atoms with Crippen LogP contribution in [0.4, 0.5) is 0 Å². The van der Waals surface area contributed by atoms with Gasteiger partial charge in [0, 0.05) is 25.6 Å². The zero-order valence-corrected chi connectivity index (χ0v) is 12.4. The first-order valence-corrected chi connectivity index (χ1v) is 8.42. The predicted molar refractivity (Wildman–Crippen MR) is 72.7 cm³/mol. The molecule has 0 unspecified atom stereocenters. The Morgan fingerprint density at radius 3 is 2.60 bits per heavy atom. The van der Waals surface area contributed by atoms with Crippen molar-refractivity contribution in [2.45, 2.75) is 32.2 Å². The topological polar surface area (TPSA) is 108 Å². The van der Waals surface area contributed by atoms with Gasteiger partial charge in [0.1, 0.15) is 5.82 Å². The molecule has 1 aromatic rings. The molecule has 0 aliphatic carbocycles. The molecule has 112 valence electrons. The zero-order chi connectivity index (χ0) is 14.8. The molecule has 0 aromatic carbocycles. The smallest absolute Gasteiger partial charge is 0.291 e. The first-order valence-electron chi connectivity index (χ1n) is 6.57. The number of nitrogens with zero attached hydrogens (tertiary/aromatic N) is 3. The lowest BCUT2D eigenvalue weighted by Crippen LogP contribution is -2.46. The normalized spacial score (nSPS) is 18.1. The number of amides is 1. The van der Waals surface area contributed by atoms with Gasteiger partial charge in [-0.1, -0.05) is 6.92 Å². The molecular weight excluding hydrogens is 282 g/mol. The van der Waals surface area contributed by atoms with Crippen LogP contribution in [0.5, 0.6) is 0 Å². The van der Waals surface area contributed by atoms with E-state index in [1.54, 1.807) is 0 Å². The van der Waals surface area contributed by atoms with Crippen LogP contribution >= 0.6 is 0 Å². The van der Waals surface area contributed by atoms with Crippen LogP contribution in [0.1, 0.15) is 36.2 Å². The van der Waals surface area contributed by atoms with E-state index in [0.29, 0.717) is 38.2 Å². The third-order valence-electron chi connectivity index (χ3n) is 3.33. The van der Waals surface area contributed by atoms with E-state index in [9.17, 15) is 13.2 Å². The Labute approximate surface area is 118 Å². The maximum Gasteiger partial charge on any atom is 0.291 e. The third kappa shape index (κ3) is 3.54. The van der Waals surface area contributed by atoms with Gasteiger partial charge >= 0.3 is 0 Å². The summed E-state index contributed by atoms with van der Waals surface area (Å²) in [5.74, 6) is 0.480. The summed E-state index contributed by atoms with van der Waals surface area (Å²) >= 11 is 0. The van der Waals surface area contributed by atoms with Gasteiger partial charge in [0.15, 0.2) is 0 Å². The first-order chi connectivity index (χ1) is 9.40. The zero-order valence-electron chi connectivity index (χ0n) is 11.6. The van der Waals surface area contributed by atoms with E-state index in [-0.39, 0.29) is 17.8 Å². The van der Waals surface area contributed by atoms with Crippen molar-refractivity contribution in [2.75, 3.05) is 19.3 Å². The molecule has 2 heterocycles. The number of nitrogens with one attached hydrogen (secondary N) is 2. The molecule has 1 aliphatic rings. The van der Waals surface area contributed by atoms with Gasteiger partial charge in [0.05, 0.1) is 6.26 Å². The van der Waals surface area contributed by atoms with Gasteiger partial charge in [-0.2, -0.15) is 0 Å². The summed E-state index contributed by atoms with van der Waals surface area (Å²) in [6, 6.07) is -0.0379. The Hall–Kier alpha value is -1.48. The maximum atomic E-state index is 11.9. The second-order valence-corrected chi connectivity index (χ2v) is 6.85. The number of hydrogen-bond acceptors (Lipinski definition) is 5. The fourth-order valence-corrected chi connectivity index (χ4v) is 3.01. The monoisotopic (exact) mass is 301 g/mol. The number of aromatic amines is 1. The van der Waals surface area contributed by atoms with Crippen LogP contribution in [0.3, 0.4) is 0 Å². The van der Waals surface area contributed by atoms with Crippen LogP contribution in [0, 0.1) is 0 Å². The summed E-state index contributed by atoms with van der Waals surface area (Å²) in [7, 11) is -3.14. The van der Waals surface area contributed by atoms with Gasteiger partial charge in [-0.3, -0.25) is 9.89 Å². The number of H-pyrrole nitrogens is 1. The van der Waals surface area contributed by atoms with Crippen LogP contribution in [0.15, 0.2) is 0 Å². The highest BCUT2D eigenvalue weighted by atomic mass is 32.2. The van der Waals surface area contributed by atoms with Gasteiger partial charge in [-0.05, 0) is 12.8 Å². The summed E-state index contributed by atoms with van der Waals surface area (Å²) in [6.07, 6.45) is 3.09. The van der Waals surface area contributed by atoms with E-state index in [4.69, 9.17) is 0 Å². The Balaban J connectivity index is 1.88. The number of sulfonamides is 1. The summed E-state index contributed by atoms with van der Waals surface area (Å²) < 4.78 is 24.2. The van der Waals surface area contributed by atoms with Crippen molar-refractivity contribution in [3.63, 3.8) is 0 Å². The van der Waals surface area contributed by atoms with Crippen LogP contribution in [-0.4, -0.2) is 59.2 Å². The lowest BCUT2D eigenvalue weighted by molar-refractivity contribution is 0.0913. The number of carbonyl (C=O) groups excluding carboxylic acids is 1. The summed E-state index contributed by atoms with van der Waals surface area (Å²) in [6.45, 7) is 2.78. The number of piperidine rings is 1. The summed E-state index contributed by atoms with van der Waals surface area (Å²) in [5.41, 5.74) is 0. The second kappa shape index (κ2) is 5.88. The highest BCUT2D eigenvalue weighted by molar-refractivity contribution is 7.88. The molecule has 1 amide bonds. The van der Waals surface area contributed by atoms with E-state index < -0.39 is 10.0 Å². The van der Waals surface area contributed by atoms with Crippen LogP contribution < -0.4 is 5.32 Å². The van der Waals surface area contributed by atoms with Crippen molar-refractivity contribution >= 4 is 15.9 Å². The molecular formula is C11H19N5O3S. The molecule has 1 fully saturated rings. The van der Waals surface area contributed by atoms with Gasteiger partial charge in [-0.25, -0.2) is 17.7 Å². The lowest BCUT2D eigenvalue weighted by Gasteiger charge is -2.30. The average Bonchev–Trinajstić information content (AvgIpc) is 2.87. The quantitative estimate of drug-likeness (QED) is 0.781. The highest BCUT2D eigenvalue weighted by Gasteiger charge is 2.26. The number of hydrogen-bond donors (Lipinski definition) is 2. The van der Waals surface area contributed by atoms with Crippen molar-refractivity contribution in [1.82, 2.24) is 24.8 Å². The Morgan fingerprint density at radius 1 is 1.45 bits per heavy atom. The number of aryl methyl sites for hydroxylation is 1. The van der Waals surface area contributed by atoms with E-state index in [1.807, 2.05) is 6.92 Å². The maximum absolute atomic E-state index is 11.9. The molecule has 0 atom stereocenters. The molecule has 9 heteroatoms. The van der Waals surface area contributed by atoms with Crippen molar-refractivity contribution in [1.29, 1.82) is 0 Å². The van der Waals surface area contributed by atoms with Crippen LogP contribution in [-0.2, 0) is 16.4 Å². The standard InChI is InChI=1S/C11H19N5O3S/c1-3-9-13-10(15-14-9)11(17)12-8-4-6-16(7-5-8)20(2,18)19/h8H,3-7H2,1-2H3,(H,12,17)(H,13,14,15). The Bertz CT molecular complexity index is 575. The Morgan fingerprint density at radius 2 is 2.10 bits per heavy atom. The molecule has 0 saturated carbocycles. The number of aromatic nitrogens is 3. The van der Waals surface area contributed by atoms with E-state index >= 15 is 0 Å². The largest absolute Gasteiger partial charge is 0.346 e. The van der Waals surface area contributed by atoms with Gasteiger partial charge in [-0.15, -0.1) is 5.10 Å². The average molecular weight is 301 g/mol. The van der Waals surface area contributed by atoms with Gasteiger partial charge < -0.3 is 5.32 Å². The highest BCUT2D eigenvalue weighted by Crippen LogP contribution is 2.13.